The first-order chi connectivity index (χ1) is 9.72. The van der Waals surface area contributed by atoms with Crippen LogP contribution in [0.5, 0.6) is 0 Å². The maximum Gasteiger partial charge on any atom is 0.0703 e. The van der Waals surface area contributed by atoms with E-state index in [1.807, 2.05) is 0 Å². The molecular weight excluding hydrogens is 238 g/mol. The molecule has 20 heavy (non-hydrogen) atoms. The molecule has 3 rings (SSSR count). The minimum atomic E-state index is 0.432. The predicted octanol–water partition coefficient (Wildman–Crippen LogP) is 5.01. The molecule has 3 aliphatic carbocycles. The van der Waals surface area contributed by atoms with Gasteiger partial charge < -0.3 is 0 Å². The van der Waals surface area contributed by atoms with Crippen molar-refractivity contribution in [1.29, 1.82) is 0 Å². The van der Waals surface area contributed by atoms with E-state index in [4.69, 9.17) is 15.7 Å². The van der Waals surface area contributed by atoms with Crippen LogP contribution in [0.2, 0.25) is 11.6 Å². The molecule has 3 aliphatic rings. The van der Waals surface area contributed by atoms with Gasteiger partial charge in [-0.2, -0.15) is 0 Å². The molecule has 0 aromatic rings. The average molecular weight is 266 g/mol. The van der Waals surface area contributed by atoms with E-state index >= 15 is 0 Å². The highest BCUT2D eigenvalue weighted by molar-refractivity contribution is 6.11. The van der Waals surface area contributed by atoms with Crippen molar-refractivity contribution >= 4 is 15.7 Å². The van der Waals surface area contributed by atoms with Gasteiger partial charge in [0.1, 0.15) is 0 Å². The Labute approximate surface area is 128 Å². The number of rotatable bonds is 2. The van der Waals surface area contributed by atoms with Crippen LogP contribution in [0, 0.1) is 17.8 Å². The quantitative estimate of drug-likeness (QED) is 0.487. The molecule has 1 atom stereocenters. The second-order valence-electron chi connectivity index (χ2n) is 7.60. The van der Waals surface area contributed by atoms with E-state index in [1.54, 1.807) is 5.57 Å². The maximum absolute atomic E-state index is 6.04. The lowest BCUT2D eigenvalue weighted by Gasteiger charge is -2.38. The van der Waals surface area contributed by atoms with Crippen molar-refractivity contribution in [3.63, 3.8) is 0 Å². The van der Waals surface area contributed by atoms with Gasteiger partial charge in [0, 0.05) is 0 Å². The predicted molar refractivity (Wildman–Crippen MR) is 88.3 cm³/mol. The smallest absolute Gasteiger partial charge is 0.0703 e. The van der Waals surface area contributed by atoms with Crippen molar-refractivity contribution in [1.82, 2.24) is 0 Å². The Morgan fingerprint density at radius 3 is 1.85 bits per heavy atom. The van der Waals surface area contributed by atoms with Crippen molar-refractivity contribution in [3.8, 4) is 0 Å². The minimum Gasteiger partial charge on any atom is -0.0855 e. The van der Waals surface area contributed by atoms with Crippen LogP contribution in [-0.4, -0.2) is 15.7 Å². The van der Waals surface area contributed by atoms with E-state index < -0.39 is 0 Å². The van der Waals surface area contributed by atoms with Gasteiger partial charge in [-0.25, -0.2) is 0 Å². The zero-order valence-corrected chi connectivity index (χ0v) is 12.9. The maximum atomic E-state index is 6.04. The zero-order valence-electron chi connectivity index (χ0n) is 12.9. The van der Waals surface area contributed by atoms with Crippen LogP contribution in [0.4, 0.5) is 0 Å². The Kier molecular flexibility index (Phi) is 5.00. The molecule has 4 radical (unpaired) electrons. The van der Waals surface area contributed by atoms with Gasteiger partial charge in [0.15, 0.2) is 0 Å². The molecule has 2 heteroatoms. The highest BCUT2D eigenvalue weighted by Gasteiger charge is 2.31. The molecule has 0 aromatic heterocycles. The number of hydrogen-bond acceptors (Lipinski definition) is 0. The van der Waals surface area contributed by atoms with Crippen LogP contribution >= 0.6 is 0 Å². The van der Waals surface area contributed by atoms with Gasteiger partial charge in [0.25, 0.3) is 0 Å². The Balaban J connectivity index is 1.47. The summed E-state index contributed by atoms with van der Waals surface area (Å²) in [4.78, 5) is 0. The molecule has 0 amide bonds. The molecule has 0 aliphatic heterocycles. The first-order valence-corrected chi connectivity index (χ1v) is 8.92. The fourth-order valence-electron chi connectivity index (χ4n) is 4.82. The SMILES string of the molecule is [B]C1CC=C(C2CCC(C3CCC([B])CC3)CC2)CC1. The third kappa shape index (κ3) is 3.55. The molecule has 0 spiro atoms. The summed E-state index contributed by atoms with van der Waals surface area (Å²) in [6.07, 6.45) is 17.2. The molecule has 2 fully saturated rings. The molecule has 0 bridgehead atoms. The van der Waals surface area contributed by atoms with Gasteiger partial charge in [-0.05, 0) is 56.3 Å². The minimum absolute atomic E-state index is 0.432. The fourth-order valence-corrected chi connectivity index (χ4v) is 4.82. The van der Waals surface area contributed by atoms with Crippen molar-refractivity contribution in [3.05, 3.63) is 11.6 Å². The van der Waals surface area contributed by atoms with Crippen LogP contribution in [0.1, 0.15) is 70.6 Å². The highest BCUT2D eigenvalue weighted by Crippen LogP contribution is 2.44. The van der Waals surface area contributed by atoms with Gasteiger partial charge in [-0.1, -0.05) is 55.4 Å². The Bertz CT molecular complexity index is 333. The summed E-state index contributed by atoms with van der Waals surface area (Å²) in [5, 5.41) is 0. The van der Waals surface area contributed by atoms with E-state index in [0.717, 1.165) is 24.2 Å². The first kappa shape index (κ1) is 14.8. The Morgan fingerprint density at radius 2 is 1.30 bits per heavy atom. The van der Waals surface area contributed by atoms with Crippen LogP contribution in [0.15, 0.2) is 11.6 Å². The summed E-state index contributed by atoms with van der Waals surface area (Å²) in [6.45, 7) is 0. The lowest BCUT2D eigenvalue weighted by atomic mass is 9.64. The first-order valence-electron chi connectivity index (χ1n) is 8.92. The summed E-state index contributed by atoms with van der Waals surface area (Å²) in [7, 11) is 12.0. The molecule has 1 unspecified atom stereocenters. The molecular formula is C18H28B2. The van der Waals surface area contributed by atoms with E-state index in [0.29, 0.717) is 11.6 Å². The summed E-state index contributed by atoms with van der Waals surface area (Å²) >= 11 is 0. The van der Waals surface area contributed by atoms with E-state index in [-0.39, 0.29) is 0 Å². The number of hydrogen-bond donors (Lipinski definition) is 0. The van der Waals surface area contributed by atoms with Gasteiger partial charge in [0.2, 0.25) is 0 Å². The van der Waals surface area contributed by atoms with Crippen LogP contribution in [-0.2, 0) is 0 Å². The summed E-state index contributed by atoms with van der Waals surface area (Å²) in [5.41, 5.74) is 1.75. The van der Waals surface area contributed by atoms with Gasteiger partial charge in [-0.15, -0.1) is 0 Å². The van der Waals surface area contributed by atoms with Crippen molar-refractivity contribution in [2.24, 2.45) is 17.8 Å². The van der Waals surface area contributed by atoms with E-state index in [1.165, 1.54) is 64.2 Å². The van der Waals surface area contributed by atoms with Gasteiger partial charge >= 0.3 is 0 Å². The Morgan fingerprint density at radius 1 is 0.700 bits per heavy atom. The Hall–Kier alpha value is -0.130. The molecule has 0 saturated heterocycles. The zero-order chi connectivity index (χ0) is 13.9. The van der Waals surface area contributed by atoms with Crippen LogP contribution in [0.25, 0.3) is 0 Å². The molecule has 106 valence electrons. The molecule has 0 N–H and O–H groups in total. The third-order valence-electron chi connectivity index (χ3n) is 6.27. The van der Waals surface area contributed by atoms with Gasteiger partial charge in [0.05, 0.1) is 15.7 Å². The van der Waals surface area contributed by atoms with Crippen LogP contribution < -0.4 is 0 Å². The number of allylic oxidation sites excluding steroid dienone is 2. The van der Waals surface area contributed by atoms with Crippen molar-refractivity contribution in [2.45, 2.75) is 82.3 Å². The fraction of sp³-hybridized carbons (Fsp3) is 0.889. The summed E-state index contributed by atoms with van der Waals surface area (Å²) < 4.78 is 0. The standard InChI is InChI=1S/C18H28B2/c19-17-9-5-15(6-10-17)13-1-2-14(4-3-13)16-7-11-18(20)12-8-16/h5,13-14,16-18H,1-4,6-12H2. The van der Waals surface area contributed by atoms with Crippen molar-refractivity contribution in [2.75, 3.05) is 0 Å². The second-order valence-corrected chi connectivity index (χ2v) is 7.60. The third-order valence-corrected chi connectivity index (χ3v) is 6.27. The second kappa shape index (κ2) is 6.75. The van der Waals surface area contributed by atoms with Crippen LogP contribution in [0.3, 0.4) is 0 Å². The topological polar surface area (TPSA) is 0 Å². The van der Waals surface area contributed by atoms with E-state index in [9.17, 15) is 0 Å². The summed E-state index contributed by atoms with van der Waals surface area (Å²) in [6, 6.07) is 0. The monoisotopic (exact) mass is 266 g/mol. The van der Waals surface area contributed by atoms with Crippen molar-refractivity contribution < 1.29 is 0 Å². The van der Waals surface area contributed by atoms with E-state index in [2.05, 4.69) is 6.08 Å². The lowest BCUT2D eigenvalue weighted by Crippen LogP contribution is -2.25. The molecule has 0 aromatic carbocycles. The van der Waals surface area contributed by atoms with Gasteiger partial charge in [-0.3, -0.25) is 0 Å². The highest BCUT2D eigenvalue weighted by atomic mass is 14.4. The molecule has 0 heterocycles. The normalized spacial score (nSPS) is 43.0. The average Bonchev–Trinajstić information content (AvgIpc) is 2.49. The molecule has 0 nitrogen and oxygen atoms in total. The largest absolute Gasteiger partial charge is 0.0855 e. The lowest BCUT2D eigenvalue weighted by molar-refractivity contribution is 0.175. The molecule has 2 saturated carbocycles. The summed E-state index contributed by atoms with van der Waals surface area (Å²) in [5.74, 6) is 3.82.